The van der Waals surface area contributed by atoms with Crippen molar-refractivity contribution in [1.82, 2.24) is 0 Å². The SMILES string of the molecule is CCC(=O)Nc1cc(NC(=O)[C@H]2CC[C@@H](C(C)(C)C)CC2)cc(NC(=O)[C@H]2CC[C@@H](C(C)(C)C)CC2)c1. The molecule has 0 bridgehead atoms. The Balaban J connectivity index is 1.67. The van der Waals surface area contributed by atoms with Crippen LogP contribution in [-0.4, -0.2) is 17.7 Å². The molecule has 206 valence electrons. The summed E-state index contributed by atoms with van der Waals surface area (Å²) >= 11 is 0. The summed E-state index contributed by atoms with van der Waals surface area (Å²) in [6, 6.07) is 5.35. The fourth-order valence-electron chi connectivity index (χ4n) is 6.03. The van der Waals surface area contributed by atoms with Crippen LogP contribution < -0.4 is 16.0 Å². The molecule has 3 rings (SSSR count). The quantitative estimate of drug-likeness (QED) is 0.367. The first-order valence-corrected chi connectivity index (χ1v) is 14.3. The lowest BCUT2D eigenvalue weighted by molar-refractivity contribution is -0.122. The van der Waals surface area contributed by atoms with Gasteiger partial charge in [0.2, 0.25) is 17.7 Å². The lowest BCUT2D eigenvalue weighted by Gasteiger charge is -2.36. The number of anilines is 3. The minimum absolute atomic E-state index is 0.0106. The lowest BCUT2D eigenvalue weighted by Crippen LogP contribution is -2.32. The highest BCUT2D eigenvalue weighted by atomic mass is 16.2. The Morgan fingerprint density at radius 1 is 0.622 bits per heavy atom. The molecule has 37 heavy (non-hydrogen) atoms. The second-order valence-corrected chi connectivity index (χ2v) is 13.5. The molecule has 2 saturated carbocycles. The maximum Gasteiger partial charge on any atom is 0.227 e. The minimum Gasteiger partial charge on any atom is -0.326 e. The van der Waals surface area contributed by atoms with Gasteiger partial charge in [0.15, 0.2) is 0 Å². The first kappa shape index (κ1) is 29.2. The molecule has 0 spiro atoms. The van der Waals surface area contributed by atoms with Gasteiger partial charge in [0, 0.05) is 35.3 Å². The van der Waals surface area contributed by atoms with Crippen molar-refractivity contribution in [2.24, 2.45) is 34.5 Å². The summed E-state index contributed by atoms with van der Waals surface area (Å²) in [4.78, 5) is 38.3. The van der Waals surface area contributed by atoms with E-state index in [-0.39, 0.29) is 40.4 Å². The summed E-state index contributed by atoms with van der Waals surface area (Å²) in [7, 11) is 0. The van der Waals surface area contributed by atoms with Crippen LogP contribution in [0.1, 0.15) is 106 Å². The van der Waals surface area contributed by atoms with Crippen LogP contribution >= 0.6 is 0 Å². The van der Waals surface area contributed by atoms with Gasteiger partial charge in [0.1, 0.15) is 0 Å². The number of hydrogen-bond donors (Lipinski definition) is 3. The zero-order valence-corrected chi connectivity index (χ0v) is 24.1. The van der Waals surface area contributed by atoms with Gasteiger partial charge in [-0.25, -0.2) is 0 Å². The Morgan fingerprint density at radius 2 is 0.946 bits per heavy atom. The molecule has 0 saturated heterocycles. The van der Waals surface area contributed by atoms with Crippen molar-refractivity contribution in [2.45, 2.75) is 106 Å². The number of amides is 3. The highest BCUT2D eigenvalue weighted by molar-refractivity contribution is 5.98. The monoisotopic (exact) mass is 511 g/mol. The van der Waals surface area contributed by atoms with Crippen molar-refractivity contribution in [3.05, 3.63) is 18.2 Å². The molecule has 2 aliphatic rings. The number of hydrogen-bond acceptors (Lipinski definition) is 3. The normalized spacial score (nSPS) is 24.7. The minimum atomic E-state index is -0.109. The van der Waals surface area contributed by atoms with Crippen LogP contribution in [0.5, 0.6) is 0 Å². The molecule has 0 aliphatic heterocycles. The predicted octanol–water partition coefficient (Wildman–Crippen LogP) is 7.62. The Hall–Kier alpha value is -2.37. The van der Waals surface area contributed by atoms with Crippen LogP contribution in [0.3, 0.4) is 0 Å². The molecule has 1 aromatic carbocycles. The second kappa shape index (κ2) is 12.0. The van der Waals surface area contributed by atoms with E-state index in [9.17, 15) is 14.4 Å². The Bertz CT molecular complexity index is 891. The fraction of sp³-hybridized carbons (Fsp3) is 0.710. The van der Waals surface area contributed by atoms with Gasteiger partial charge in [-0.1, -0.05) is 48.5 Å². The number of nitrogens with one attached hydrogen (secondary N) is 3. The molecule has 0 atom stereocenters. The van der Waals surface area contributed by atoms with E-state index in [1.807, 2.05) is 0 Å². The number of rotatable bonds is 6. The first-order valence-electron chi connectivity index (χ1n) is 14.3. The van der Waals surface area contributed by atoms with E-state index in [1.54, 1.807) is 25.1 Å². The Kier molecular flexibility index (Phi) is 9.47. The Morgan fingerprint density at radius 3 is 1.24 bits per heavy atom. The van der Waals surface area contributed by atoms with Gasteiger partial charge in [-0.2, -0.15) is 0 Å². The average Bonchev–Trinajstić information content (AvgIpc) is 2.82. The molecular formula is C31H49N3O3. The average molecular weight is 512 g/mol. The van der Waals surface area contributed by atoms with Crippen LogP contribution in [-0.2, 0) is 14.4 Å². The van der Waals surface area contributed by atoms with E-state index in [0.717, 1.165) is 51.4 Å². The van der Waals surface area contributed by atoms with Crippen molar-refractivity contribution < 1.29 is 14.4 Å². The second-order valence-electron chi connectivity index (χ2n) is 13.5. The molecule has 0 radical (unpaired) electrons. The largest absolute Gasteiger partial charge is 0.326 e. The van der Waals surface area contributed by atoms with E-state index in [4.69, 9.17) is 0 Å². The third-order valence-electron chi connectivity index (χ3n) is 8.72. The summed E-state index contributed by atoms with van der Waals surface area (Å²) in [6.45, 7) is 15.5. The third-order valence-corrected chi connectivity index (χ3v) is 8.72. The third kappa shape index (κ3) is 8.31. The van der Waals surface area contributed by atoms with Crippen molar-refractivity contribution >= 4 is 34.8 Å². The number of benzene rings is 1. The van der Waals surface area contributed by atoms with Crippen molar-refractivity contribution in [3.63, 3.8) is 0 Å². The van der Waals surface area contributed by atoms with Gasteiger partial charge < -0.3 is 16.0 Å². The van der Waals surface area contributed by atoms with Gasteiger partial charge in [-0.3, -0.25) is 14.4 Å². The van der Waals surface area contributed by atoms with Gasteiger partial charge >= 0.3 is 0 Å². The van der Waals surface area contributed by atoms with Crippen LogP contribution in [0.2, 0.25) is 0 Å². The van der Waals surface area contributed by atoms with Crippen LogP contribution in [0.15, 0.2) is 18.2 Å². The van der Waals surface area contributed by atoms with Gasteiger partial charge in [0.25, 0.3) is 0 Å². The highest BCUT2D eigenvalue weighted by Gasteiger charge is 2.33. The van der Waals surface area contributed by atoms with Gasteiger partial charge in [-0.15, -0.1) is 0 Å². The van der Waals surface area contributed by atoms with Crippen molar-refractivity contribution in [1.29, 1.82) is 0 Å². The molecule has 3 amide bonds. The lowest BCUT2D eigenvalue weighted by atomic mass is 9.69. The molecule has 6 heteroatoms. The van der Waals surface area contributed by atoms with E-state index >= 15 is 0 Å². The topological polar surface area (TPSA) is 87.3 Å². The molecule has 0 heterocycles. The van der Waals surface area contributed by atoms with Crippen molar-refractivity contribution in [3.8, 4) is 0 Å². The highest BCUT2D eigenvalue weighted by Crippen LogP contribution is 2.41. The maximum atomic E-state index is 13.1. The molecule has 1 aromatic rings. The molecule has 2 aliphatic carbocycles. The molecule has 2 fully saturated rings. The molecular weight excluding hydrogens is 462 g/mol. The van der Waals surface area contributed by atoms with E-state index < -0.39 is 0 Å². The maximum absolute atomic E-state index is 13.1. The zero-order valence-electron chi connectivity index (χ0n) is 24.1. The summed E-state index contributed by atoms with van der Waals surface area (Å²) in [6.07, 6.45) is 8.16. The van der Waals surface area contributed by atoms with Crippen LogP contribution in [0.25, 0.3) is 0 Å². The van der Waals surface area contributed by atoms with E-state index in [0.29, 0.717) is 35.3 Å². The fourth-order valence-corrected chi connectivity index (χ4v) is 6.03. The summed E-state index contributed by atoms with van der Waals surface area (Å²) in [5.74, 6) is 1.19. The summed E-state index contributed by atoms with van der Waals surface area (Å²) in [5.41, 5.74) is 2.32. The Labute approximate surface area is 224 Å². The van der Waals surface area contributed by atoms with Crippen molar-refractivity contribution in [2.75, 3.05) is 16.0 Å². The molecule has 6 nitrogen and oxygen atoms in total. The summed E-state index contributed by atoms with van der Waals surface area (Å²) in [5, 5.41) is 9.02. The number of carbonyl (C=O) groups is 3. The van der Waals surface area contributed by atoms with Gasteiger partial charge in [-0.05, 0) is 92.2 Å². The van der Waals surface area contributed by atoms with E-state index in [2.05, 4.69) is 57.5 Å². The zero-order chi connectivity index (χ0) is 27.4. The summed E-state index contributed by atoms with van der Waals surface area (Å²) < 4.78 is 0. The van der Waals surface area contributed by atoms with Crippen LogP contribution in [0, 0.1) is 34.5 Å². The first-order chi connectivity index (χ1) is 17.3. The molecule has 3 N–H and O–H groups in total. The standard InChI is InChI=1S/C31H49N3O3/c1-8-27(35)32-24-17-25(33-28(36)20-9-13-22(14-10-20)30(2,3)4)19-26(18-24)34-29(37)21-11-15-23(16-12-21)31(5,6)7/h17-23H,8-16H2,1-7H3,(H,32,35)(H,33,36)(H,34,37)/t20-,21-,22+,23+. The number of carbonyl (C=O) groups excluding carboxylic acids is 3. The van der Waals surface area contributed by atoms with Crippen LogP contribution in [0.4, 0.5) is 17.1 Å². The van der Waals surface area contributed by atoms with Gasteiger partial charge in [0.05, 0.1) is 0 Å². The predicted molar refractivity (Wildman–Crippen MR) is 152 cm³/mol. The smallest absolute Gasteiger partial charge is 0.227 e. The van der Waals surface area contributed by atoms with E-state index in [1.165, 1.54) is 0 Å². The molecule has 0 aromatic heterocycles. The molecule has 0 unspecified atom stereocenters.